The summed E-state index contributed by atoms with van der Waals surface area (Å²) < 4.78 is 120. The van der Waals surface area contributed by atoms with Gasteiger partial charge in [-0.05, 0) is 174 Å². The van der Waals surface area contributed by atoms with E-state index in [0.717, 1.165) is 82.3 Å². The van der Waals surface area contributed by atoms with Crippen LogP contribution in [0.1, 0.15) is 118 Å². The number of halogens is 4. The molecule has 4 aromatic rings. The monoisotopic (exact) mass is 1250 g/mol. The number of ether oxygens (including phenoxy) is 6. The second kappa shape index (κ2) is 33.0. The Morgan fingerprint density at radius 1 is 0.524 bits per heavy atom. The van der Waals surface area contributed by atoms with Gasteiger partial charge in [0.15, 0.2) is 9.84 Å². The Kier molecular flexibility index (Phi) is 25.7. The van der Waals surface area contributed by atoms with Crippen LogP contribution in [0.15, 0.2) is 82.6 Å². The molecular formula is C61H81Cl2F2N5O12S2. The number of sulfone groups is 1. The van der Waals surface area contributed by atoms with Crippen molar-refractivity contribution in [2.75, 3.05) is 104 Å². The Morgan fingerprint density at radius 3 is 1.52 bits per heavy atom. The van der Waals surface area contributed by atoms with Crippen molar-refractivity contribution in [2.24, 2.45) is 0 Å². The first-order chi connectivity index (χ1) is 40.6. The maximum absolute atomic E-state index is 15.0. The third-order valence-corrected chi connectivity index (χ3v) is 19.5. The molecular weight excluding hydrogens is 1170 g/mol. The van der Waals surface area contributed by atoms with E-state index in [4.69, 9.17) is 51.6 Å². The average molecular weight is 1250 g/mol. The minimum atomic E-state index is -3.81. The first kappa shape index (κ1) is 65.5. The highest BCUT2D eigenvalue weighted by Crippen LogP contribution is 2.43. The van der Waals surface area contributed by atoms with Crippen LogP contribution in [0.25, 0.3) is 0 Å². The van der Waals surface area contributed by atoms with E-state index in [2.05, 4.69) is 25.2 Å². The molecule has 0 aromatic heterocycles. The molecule has 2 aliphatic heterocycles. The standard InChI is InChI=1S/C61H81Cl2F2N5O12S2/c62-44-38-53-51(55(64)40-44)42-57(69-25-6-2-7-26-69)59(53)81-47-14-18-49(19-15-47)83(73,74)37-11-30-78-34-35-79-31-23-67-61(72)66-22-5-1-4-12-46(71)13-10-29-77-33-36-80-32-24-68-84(75,76)50-20-16-48(17-21-50)82-60-54-39-45(63)41-56(65)52(54)43-58(60)70-27-8-3-9-28-70/h14-21,38-41,57-60,68H,1-13,22-37,42-43H2,(H2,66,67,72)/t57-,58-,59-,60-/m0/s1. The number of ketones is 1. The van der Waals surface area contributed by atoms with Crippen LogP contribution >= 0.6 is 23.2 Å². The van der Waals surface area contributed by atoms with E-state index in [1.807, 2.05) is 0 Å². The van der Waals surface area contributed by atoms with Gasteiger partial charge in [-0.25, -0.2) is 35.1 Å². The lowest BCUT2D eigenvalue weighted by atomic mass is 10.0. The molecule has 4 aromatic carbocycles. The number of nitrogens with zero attached hydrogens (tertiary/aromatic N) is 2. The zero-order valence-corrected chi connectivity index (χ0v) is 50.9. The summed E-state index contributed by atoms with van der Waals surface area (Å²) in [6.07, 6.45) is 10.8. The van der Waals surface area contributed by atoms with Crippen LogP contribution in [-0.2, 0) is 56.4 Å². The molecule has 8 rings (SSSR count). The number of sulfonamides is 1. The first-order valence-electron chi connectivity index (χ1n) is 29.7. The molecule has 2 saturated heterocycles. The predicted octanol–water partition coefficient (Wildman–Crippen LogP) is 9.75. The predicted molar refractivity (Wildman–Crippen MR) is 318 cm³/mol. The molecule has 462 valence electrons. The van der Waals surface area contributed by atoms with Crippen molar-refractivity contribution >= 4 is 54.9 Å². The number of hydrogen-bond donors (Lipinski definition) is 3. The van der Waals surface area contributed by atoms with Crippen molar-refractivity contribution in [1.29, 1.82) is 0 Å². The van der Waals surface area contributed by atoms with Gasteiger partial charge < -0.3 is 39.1 Å². The van der Waals surface area contributed by atoms with Gasteiger partial charge in [0.2, 0.25) is 10.0 Å². The van der Waals surface area contributed by atoms with Crippen LogP contribution in [0.2, 0.25) is 10.0 Å². The van der Waals surface area contributed by atoms with Crippen molar-refractivity contribution in [1.82, 2.24) is 25.2 Å². The number of unbranched alkanes of at least 4 members (excludes halogenated alkanes) is 2. The Bertz CT molecular complexity index is 2780. The number of amides is 2. The fourth-order valence-corrected chi connectivity index (χ4v) is 14.2. The summed E-state index contributed by atoms with van der Waals surface area (Å²) in [4.78, 5) is 29.5. The number of nitrogens with one attached hydrogen (secondary N) is 3. The number of carbonyl (C=O) groups is 2. The van der Waals surface area contributed by atoms with E-state index < -0.39 is 32.1 Å². The molecule has 3 N–H and O–H groups in total. The zero-order valence-electron chi connectivity index (χ0n) is 47.8. The molecule has 0 unspecified atom stereocenters. The molecule has 0 saturated carbocycles. The molecule has 4 atom stereocenters. The van der Waals surface area contributed by atoms with Crippen molar-refractivity contribution in [3.63, 3.8) is 0 Å². The van der Waals surface area contributed by atoms with Crippen LogP contribution in [0.4, 0.5) is 13.6 Å². The van der Waals surface area contributed by atoms with Crippen LogP contribution in [-0.4, -0.2) is 155 Å². The van der Waals surface area contributed by atoms with E-state index in [-0.39, 0.29) is 97.3 Å². The molecule has 2 aliphatic carbocycles. The summed E-state index contributed by atoms with van der Waals surface area (Å²) in [7, 11) is -7.38. The van der Waals surface area contributed by atoms with Crippen molar-refractivity contribution in [2.45, 2.75) is 130 Å². The fourth-order valence-electron chi connectivity index (χ4n) is 11.4. The molecule has 84 heavy (non-hydrogen) atoms. The number of rotatable bonds is 35. The molecule has 2 fully saturated rings. The number of likely N-dealkylation sites (tertiary alicyclic amines) is 2. The van der Waals surface area contributed by atoms with Crippen LogP contribution in [0.3, 0.4) is 0 Å². The van der Waals surface area contributed by atoms with Gasteiger partial charge in [-0.2, -0.15) is 0 Å². The van der Waals surface area contributed by atoms with Gasteiger partial charge in [-0.15, -0.1) is 0 Å². The van der Waals surface area contributed by atoms with Crippen molar-refractivity contribution in [3.05, 3.63) is 117 Å². The molecule has 17 nitrogen and oxygen atoms in total. The number of urea groups is 1. The van der Waals surface area contributed by atoms with Crippen molar-refractivity contribution < 1.29 is 63.6 Å². The lowest BCUT2D eigenvalue weighted by Crippen LogP contribution is -2.43. The van der Waals surface area contributed by atoms with Gasteiger partial charge in [0.05, 0.1) is 67.3 Å². The quantitative estimate of drug-likeness (QED) is 0.0368. The summed E-state index contributed by atoms with van der Waals surface area (Å²) in [5.74, 6) is 0.379. The zero-order chi connectivity index (χ0) is 59.3. The molecule has 2 heterocycles. The van der Waals surface area contributed by atoms with E-state index in [1.165, 1.54) is 37.1 Å². The highest BCUT2D eigenvalue weighted by molar-refractivity contribution is 7.91. The molecule has 23 heteroatoms. The van der Waals surface area contributed by atoms with Gasteiger partial charge in [0.25, 0.3) is 0 Å². The van der Waals surface area contributed by atoms with Crippen molar-refractivity contribution in [3.8, 4) is 11.5 Å². The fraction of sp³-hybridized carbons (Fsp3) is 0.574. The molecule has 0 radical (unpaired) electrons. The second-order valence-electron chi connectivity index (χ2n) is 21.8. The van der Waals surface area contributed by atoms with Gasteiger partial charge >= 0.3 is 6.03 Å². The summed E-state index contributed by atoms with van der Waals surface area (Å²) in [6.45, 7) is 6.72. The Balaban J connectivity index is 0.576. The maximum atomic E-state index is 15.0. The number of carbonyl (C=O) groups excluding carboxylic acids is 2. The topological polar surface area (TPSA) is 200 Å². The van der Waals surface area contributed by atoms with Gasteiger partial charge in [0, 0.05) is 66.9 Å². The highest BCUT2D eigenvalue weighted by Gasteiger charge is 2.42. The summed E-state index contributed by atoms with van der Waals surface area (Å²) in [5.41, 5.74) is 2.70. The largest absolute Gasteiger partial charge is 0.484 e. The van der Waals surface area contributed by atoms with Crippen LogP contribution < -0.4 is 24.8 Å². The summed E-state index contributed by atoms with van der Waals surface area (Å²) in [5, 5.41) is 6.17. The SMILES string of the molecule is O=C(CCCCCNC(=O)NCCOCCOCCCS(=O)(=O)c1ccc(O[C@H]2c3cc(Cl)cc(F)c3C[C@@H]2N2CCCCC2)cc1)CCCOCCOCCNS(=O)(=O)c1ccc(O[C@H]2c3cc(Cl)cc(F)c3C[C@@H]2N2CCCCC2)cc1. The molecule has 2 amide bonds. The number of Topliss-reactive ketones (excluding diaryl/α,β-unsaturated/α-hetero) is 1. The van der Waals surface area contributed by atoms with E-state index in [0.29, 0.717) is 97.5 Å². The molecule has 4 aliphatic rings. The highest BCUT2D eigenvalue weighted by atomic mass is 35.5. The van der Waals surface area contributed by atoms with E-state index in [9.17, 15) is 35.2 Å². The van der Waals surface area contributed by atoms with E-state index >= 15 is 0 Å². The molecule has 0 bridgehead atoms. The Labute approximate surface area is 504 Å². The normalized spacial score (nSPS) is 19.2. The Hall–Kier alpha value is -4.52. The molecule has 0 spiro atoms. The summed E-state index contributed by atoms with van der Waals surface area (Å²) >= 11 is 12.5. The van der Waals surface area contributed by atoms with E-state index in [1.54, 1.807) is 48.5 Å². The van der Waals surface area contributed by atoms with Gasteiger partial charge in [-0.3, -0.25) is 14.6 Å². The number of benzene rings is 4. The minimum absolute atomic E-state index is 0.0402. The first-order valence-corrected chi connectivity index (χ1v) is 33.6. The van der Waals surface area contributed by atoms with Crippen LogP contribution in [0.5, 0.6) is 11.5 Å². The number of hydrogen-bond acceptors (Lipinski definition) is 14. The third kappa shape index (κ3) is 19.5. The minimum Gasteiger partial charge on any atom is -0.484 e. The second-order valence-corrected chi connectivity index (χ2v) is 26.6. The van der Waals surface area contributed by atoms with Gasteiger partial charge in [0.1, 0.15) is 41.1 Å². The number of piperidine rings is 2. The average Bonchev–Trinajstić information content (AvgIpc) is 2.59. The Morgan fingerprint density at radius 2 is 0.988 bits per heavy atom. The maximum Gasteiger partial charge on any atom is 0.314 e. The smallest absolute Gasteiger partial charge is 0.314 e. The lowest BCUT2D eigenvalue weighted by Gasteiger charge is -2.35. The third-order valence-electron chi connectivity index (χ3n) is 15.8. The number of fused-ring (bicyclic) bond motifs is 2. The van der Waals surface area contributed by atoms with Gasteiger partial charge in [-0.1, -0.05) is 42.5 Å². The lowest BCUT2D eigenvalue weighted by molar-refractivity contribution is -0.119. The van der Waals surface area contributed by atoms with Crippen LogP contribution in [0, 0.1) is 11.6 Å². The summed E-state index contributed by atoms with van der Waals surface area (Å²) in [6, 6.07) is 18.4.